The number of rotatable bonds is 5. The number of aliphatic carboxylic acids is 1. The fourth-order valence-corrected chi connectivity index (χ4v) is 4.77. The molecule has 2 fully saturated rings. The first-order valence-corrected chi connectivity index (χ1v) is 9.37. The molecule has 24 heavy (non-hydrogen) atoms. The van der Waals surface area contributed by atoms with Gasteiger partial charge in [0.15, 0.2) is 5.76 Å². The van der Waals surface area contributed by atoms with Crippen molar-refractivity contribution >= 4 is 21.9 Å². The molecule has 132 valence electrons. The molecule has 1 saturated heterocycles. The molecule has 1 aromatic heterocycles. The SMILES string of the molecule is Cc1oc(C(=O)NC2CC(C(=O)O)C2)cc1S(=O)(=O)N1CCCC1. The van der Waals surface area contributed by atoms with E-state index in [4.69, 9.17) is 9.52 Å². The fourth-order valence-electron chi connectivity index (χ4n) is 3.09. The van der Waals surface area contributed by atoms with Crippen LogP contribution in [0.1, 0.15) is 42.0 Å². The molecule has 0 radical (unpaired) electrons. The number of carbonyl (C=O) groups excluding carboxylic acids is 1. The van der Waals surface area contributed by atoms with Crippen LogP contribution in [0.3, 0.4) is 0 Å². The van der Waals surface area contributed by atoms with Gasteiger partial charge in [-0.2, -0.15) is 4.31 Å². The number of carboxylic acids is 1. The molecule has 2 heterocycles. The van der Waals surface area contributed by atoms with Crippen LogP contribution in [0, 0.1) is 12.8 Å². The molecule has 8 nitrogen and oxygen atoms in total. The van der Waals surface area contributed by atoms with Crippen molar-refractivity contribution in [1.82, 2.24) is 9.62 Å². The quantitative estimate of drug-likeness (QED) is 0.812. The topological polar surface area (TPSA) is 117 Å². The highest BCUT2D eigenvalue weighted by Crippen LogP contribution is 2.29. The third kappa shape index (κ3) is 3.05. The van der Waals surface area contributed by atoms with Crippen LogP contribution in [0.15, 0.2) is 15.4 Å². The molecule has 9 heteroatoms. The zero-order valence-electron chi connectivity index (χ0n) is 13.3. The van der Waals surface area contributed by atoms with Gasteiger partial charge in [0.05, 0.1) is 5.92 Å². The Bertz CT molecular complexity index is 757. The maximum Gasteiger partial charge on any atom is 0.306 e. The van der Waals surface area contributed by atoms with E-state index in [9.17, 15) is 18.0 Å². The number of carbonyl (C=O) groups is 2. The first kappa shape index (κ1) is 17.0. The Kier molecular flexibility index (Phi) is 4.39. The minimum atomic E-state index is -3.64. The van der Waals surface area contributed by atoms with E-state index in [-0.39, 0.29) is 22.5 Å². The van der Waals surface area contributed by atoms with E-state index >= 15 is 0 Å². The van der Waals surface area contributed by atoms with Crippen molar-refractivity contribution in [1.29, 1.82) is 0 Å². The minimum absolute atomic E-state index is 0.0200. The van der Waals surface area contributed by atoms with Crippen molar-refractivity contribution in [3.05, 3.63) is 17.6 Å². The lowest BCUT2D eigenvalue weighted by atomic mass is 9.80. The highest BCUT2D eigenvalue weighted by Gasteiger charge is 2.36. The number of furan rings is 1. The van der Waals surface area contributed by atoms with E-state index in [0.717, 1.165) is 12.8 Å². The molecule has 1 amide bonds. The molecule has 0 atom stereocenters. The monoisotopic (exact) mass is 356 g/mol. The van der Waals surface area contributed by atoms with Crippen molar-refractivity contribution < 1.29 is 27.5 Å². The van der Waals surface area contributed by atoms with Gasteiger partial charge in [-0.15, -0.1) is 0 Å². The Morgan fingerprint density at radius 2 is 1.92 bits per heavy atom. The van der Waals surface area contributed by atoms with Gasteiger partial charge in [-0.3, -0.25) is 9.59 Å². The number of hydrogen-bond donors (Lipinski definition) is 2. The van der Waals surface area contributed by atoms with Gasteiger partial charge in [0.2, 0.25) is 10.0 Å². The number of amides is 1. The van der Waals surface area contributed by atoms with Crippen molar-refractivity contribution in [3.63, 3.8) is 0 Å². The van der Waals surface area contributed by atoms with Crippen LogP contribution in [0.5, 0.6) is 0 Å². The number of hydrogen-bond acceptors (Lipinski definition) is 5. The van der Waals surface area contributed by atoms with E-state index in [1.54, 1.807) is 0 Å². The van der Waals surface area contributed by atoms with Gasteiger partial charge in [-0.05, 0) is 32.6 Å². The lowest BCUT2D eigenvalue weighted by Gasteiger charge is -2.32. The van der Waals surface area contributed by atoms with Gasteiger partial charge in [0.1, 0.15) is 10.7 Å². The van der Waals surface area contributed by atoms with Gasteiger partial charge >= 0.3 is 5.97 Å². The van der Waals surface area contributed by atoms with Crippen LogP contribution >= 0.6 is 0 Å². The smallest absolute Gasteiger partial charge is 0.306 e. The molecule has 2 N–H and O–H groups in total. The average molecular weight is 356 g/mol. The van der Waals surface area contributed by atoms with E-state index in [1.165, 1.54) is 17.3 Å². The zero-order valence-corrected chi connectivity index (χ0v) is 14.1. The molecule has 0 spiro atoms. The van der Waals surface area contributed by atoms with Crippen LogP contribution in [0.2, 0.25) is 0 Å². The normalized spacial score (nSPS) is 24.5. The summed E-state index contributed by atoms with van der Waals surface area (Å²) in [5.41, 5.74) is 0. The summed E-state index contributed by atoms with van der Waals surface area (Å²) < 4.78 is 31.9. The first-order chi connectivity index (χ1) is 11.3. The van der Waals surface area contributed by atoms with E-state index in [0.29, 0.717) is 25.9 Å². The average Bonchev–Trinajstić information content (AvgIpc) is 3.11. The number of aryl methyl sites for hydroxylation is 1. The molecular formula is C15H20N2O6S. The molecule has 3 rings (SSSR count). The van der Waals surface area contributed by atoms with Crippen LogP contribution < -0.4 is 5.32 Å². The molecule has 2 aliphatic rings. The third-order valence-electron chi connectivity index (χ3n) is 4.60. The van der Waals surface area contributed by atoms with Crippen molar-refractivity contribution in [2.45, 2.75) is 43.5 Å². The van der Waals surface area contributed by atoms with Crippen molar-refractivity contribution in [2.24, 2.45) is 5.92 Å². The van der Waals surface area contributed by atoms with Gasteiger partial charge in [0.25, 0.3) is 5.91 Å². The summed E-state index contributed by atoms with van der Waals surface area (Å²) >= 11 is 0. The Hall–Kier alpha value is -1.87. The summed E-state index contributed by atoms with van der Waals surface area (Å²) in [6.07, 6.45) is 2.41. The number of carboxylic acid groups (broad SMARTS) is 1. The minimum Gasteiger partial charge on any atom is -0.481 e. The van der Waals surface area contributed by atoms with Crippen LogP contribution in [0.4, 0.5) is 0 Å². The highest BCUT2D eigenvalue weighted by atomic mass is 32.2. The third-order valence-corrected chi connectivity index (χ3v) is 6.61. The van der Waals surface area contributed by atoms with Gasteiger partial charge < -0.3 is 14.8 Å². The molecule has 1 aromatic rings. The van der Waals surface area contributed by atoms with Crippen molar-refractivity contribution in [3.8, 4) is 0 Å². The molecule has 1 saturated carbocycles. The highest BCUT2D eigenvalue weighted by molar-refractivity contribution is 7.89. The lowest BCUT2D eigenvalue weighted by molar-refractivity contribution is -0.145. The first-order valence-electron chi connectivity index (χ1n) is 7.93. The van der Waals surface area contributed by atoms with Crippen molar-refractivity contribution in [2.75, 3.05) is 13.1 Å². The zero-order chi connectivity index (χ0) is 17.5. The number of nitrogens with one attached hydrogen (secondary N) is 1. The van der Waals surface area contributed by atoms with E-state index in [1.807, 2.05) is 0 Å². The Balaban J connectivity index is 1.70. The Morgan fingerprint density at radius 3 is 2.50 bits per heavy atom. The van der Waals surface area contributed by atoms with E-state index in [2.05, 4.69) is 5.32 Å². The Morgan fingerprint density at radius 1 is 1.29 bits per heavy atom. The van der Waals surface area contributed by atoms with Gasteiger partial charge in [-0.25, -0.2) is 8.42 Å². The van der Waals surface area contributed by atoms with Crippen LogP contribution in [-0.4, -0.2) is 48.8 Å². The molecule has 0 bridgehead atoms. The Labute approximate surface area is 139 Å². The van der Waals surface area contributed by atoms with E-state index < -0.39 is 27.8 Å². The van der Waals surface area contributed by atoms with Crippen LogP contribution in [-0.2, 0) is 14.8 Å². The summed E-state index contributed by atoms with van der Waals surface area (Å²) in [5.74, 6) is -1.70. The molecule has 1 aliphatic heterocycles. The molecule has 1 aliphatic carbocycles. The number of nitrogens with zero attached hydrogens (tertiary/aromatic N) is 1. The lowest BCUT2D eigenvalue weighted by Crippen LogP contribution is -2.46. The maximum atomic E-state index is 12.6. The molecule has 0 unspecified atom stereocenters. The largest absolute Gasteiger partial charge is 0.481 e. The summed E-state index contributed by atoms with van der Waals surface area (Å²) in [6.45, 7) is 2.48. The predicted molar refractivity (Wildman–Crippen MR) is 83.1 cm³/mol. The molecular weight excluding hydrogens is 336 g/mol. The van der Waals surface area contributed by atoms with Crippen LogP contribution in [0.25, 0.3) is 0 Å². The second-order valence-corrected chi connectivity index (χ2v) is 8.23. The fraction of sp³-hybridized carbons (Fsp3) is 0.600. The summed E-state index contributed by atoms with van der Waals surface area (Å²) in [7, 11) is -3.64. The summed E-state index contributed by atoms with van der Waals surface area (Å²) in [6, 6.07) is 1.04. The standard InChI is InChI=1S/C15H20N2O6S/c1-9-13(24(21,22)17-4-2-3-5-17)8-12(23-9)14(18)16-11-6-10(7-11)15(19)20/h8,10-11H,2-7H2,1H3,(H,16,18)(H,19,20). The predicted octanol–water partition coefficient (Wildman–Crippen LogP) is 0.966. The number of sulfonamides is 1. The second kappa shape index (κ2) is 6.21. The summed E-state index contributed by atoms with van der Waals surface area (Å²) in [5, 5.41) is 11.5. The maximum absolute atomic E-state index is 12.6. The second-order valence-electron chi connectivity index (χ2n) is 6.32. The van der Waals surface area contributed by atoms with Gasteiger partial charge in [-0.1, -0.05) is 0 Å². The summed E-state index contributed by atoms with van der Waals surface area (Å²) in [4.78, 5) is 23.0. The van der Waals surface area contributed by atoms with Gasteiger partial charge in [0, 0.05) is 25.2 Å². The molecule has 0 aromatic carbocycles.